The summed E-state index contributed by atoms with van der Waals surface area (Å²) >= 11 is 0. The molecule has 0 saturated carbocycles. The molecule has 0 spiro atoms. The highest BCUT2D eigenvalue weighted by molar-refractivity contribution is 5.80. The topological polar surface area (TPSA) is 50.6 Å². The molecule has 0 aliphatic carbocycles. The van der Waals surface area contributed by atoms with Crippen LogP contribution in [0.25, 0.3) is 10.9 Å². The van der Waals surface area contributed by atoms with E-state index in [9.17, 15) is 0 Å². The molecule has 1 aliphatic rings. The zero-order valence-corrected chi connectivity index (χ0v) is 15.2. The van der Waals surface area contributed by atoms with Gasteiger partial charge < -0.3 is 19.9 Å². The summed E-state index contributed by atoms with van der Waals surface area (Å²) in [6, 6.07) is 10.7. The Bertz CT molecular complexity index is 673. The van der Waals surface area contributed by atoms with Crippen molar-refractivity contribution in [3.05, 3.63) is 36.5 Å². The molecule has 0 amide bonds. The first-order valence-electron chi connectivity index (χ1n) is 9.54. The molecule has 2 N–H and O–H groups in total. The lowest BCUT2D eigenvalue weighted by Gasteiger charge is -2.13. The number of hydrogen-bond acceptors (Lipinski definition) is 2. The van der Waals surface area contributed by atoms with E-state index in [0.29, 0.717) is 6.10 Å². The Morgan fingerprint density at radius 2 is 2.20 bits per heavy atom. The molecule has 136 valence electrons. The summed E-state index contributed by atoms with van der Waals surface area (Å²) in [7, 11) is 0. The molecule has 2 aromatic rings. The highest BCUT2D eigenvalue weighted by atomic mass is 16.5. The number of aliphatic imine (C=N–C) groups is 1. The van der Waals surface area contributed by atoms with Crippen LogP contribution in [-0.4, -0.2) is 42.9 Å². The second kappa shape index (κ2) is 9.47. The van der Waals surface area contributed by atoms with Gasteiger partial charge in [-0.05, 0) is 50.1 Å². The molecular weight excluding hydrogens is 312 g/mol. The van der Waals surface area contributed by atoms with Crippen LogP contribution in [0.1, 0.15) is 32.6 Å². The van der Waals surface area contributed by atoms with Crippen molar-refractivity contribution in [3.63, 3.8) is 0 Å². The second-order valence-electron chi connectivity index (χ2n) is 6.53. The molecule has 0 bridgehead atoms. The summed E-state index contributed by atoms with van der Waals surface area (Å²) in [4.78, 5) is 4.70. The summed E-state index contributed by atoms with van der Waals surface area (Å²) in [6.45, 7) is 6.64. The van der Waals surface area contributed by atoms with E-state index < -0.39 is 0 Å². The fourth-order valence-electron chi connectivity index (χ4n) is 3.33. The van der Waals surface area contributed by atoms with Gasteiger partial charge in [-0.15, -0.1) is 0 Å². The van der Waals surface area contributed by atoms with Gasteiger partial charge in [0, 0.05) is 44.5 Å². The van der Waals surface area contributed by atoms with Crippen LogP contribution < -0.4 is 10.6 Å². The third-order valence-electron chi connectivity index (χ3n) is 4.63. The standard InChI is InChI=1S/C20H30N4O/c1-2-21-20(23-13-10-18-8-5-16-25-18)22-12-6-14-24-15-11-17-7-3-4-9-19(17)24/h3-4,7,9,11,15,18H,2,5-6,8,10,12-14,16H2,1H3,(H2,21,22,23). The van der Waals surface area contributed by atoms with Gasteiger partial charge in [0.15, 0.2) is 5.96 Å². The number of para-hydroxylation sites is 1. The molecule has 3 rings (SSSR count). The van der Waals surface area contributed by atoms with Crippen LogP contribution in [0.15, 0.2) is 41.5 Å². The van der Waals surface area contributed by atoms with Crippen LogP contribution in [0.2, 0.25) is 0 Å². The van der Waals surface area contributed by atoms with E-state index in [-0.39, 0.29) is 0 Å². The molecule has 0 radical (unpaired) electrons. The molecule has 2 heterocycles. The van der Waals surface area contributed by atoms with E-state index in [1.165, 1.54) is 23.7 Å². The number of aromatic nitrogens is 1. The maximum absolute atomic E-state index is 5.67. The molecule has 25 heavy (non-hydrogen) atoms. The van der Waals surface area contributed by atoms with Crippen LogP contribution in [0.3, 0.4) is 0 Å². The normalized spacial score (nSPS) is 18.0. The van der Waals surface area contributed by atoms with Gasteiger partial charge in [-0.2, -0.15) is 0 Å². The van der Waals surface area contributed by atoms with E-state index in [2.05, 4.69) is 58.7 Å². The lowest BCUT2D eigenvalue weighted by Crippen LogP contribution is -2.38. The minimum absolute atomic E-state index is 0.428. The Balaban J connectivity index is 1.42. The average Bonchev–Trinajstić information content (AvgIpc) is 3.28. The zero-order valence-electron chi connectivity index (χ0n) is 15.2. The lowest BCUT2D eigenvalue weighted by molar-refractivity contribution is 0.105. The predicted molar refractivity (Wildman–Crippen MR) is 104 cm³/mol. The van der Waals surface area contributed by atoms with Crippen LogP contribution in [0.5, 0.6) is 0 Å². The maximum Gasteiger partial charge on any atom is 0.191 e. The van der Waals surface area contributed by atoms with Gasteiger partial charge in [-0.1, -0.05) is 18.2 Å². The SMILES string of the molecule is CCNC(=NCCCn1ccc2ccccc21)NCCC1CCCO1. The van der Waals surface area contributed by atoms with Crippen molar-refractivity contribution < 1.29 is 4.74 Å². The number of hydrogen-bond donors (Lipinski definition) is 2. The fraction of sp³-hybridized carbons (Fsp3) is 0.550. The Labute approximate surface area is 150 Å². The fourth-order valence-corrected chi connectivity index (χ4v) is 3.33. The average molecular weight is 342 g/mol. The first-order chi connectivity index (χ1) is 12.4. The predicted octanol–water partition coefficient (Wildman–Crippen LogP) is 3.16. The van der Waals surface area contributed by atoms with Gasteiger partial charge in [0.05, 0.1) is 6.10 Å². The highest BCUT2D eigenvalue weighted by Gasteiger charge is 2.14. The highest BCUT2D eigenvalue weighted by Crippen LogP contribution is 2.15. The van der Waals surface area contributed by atoms with Crippen molar-refractivity contribution >= 4 is 16.9 Å². The molecule has 1 saturated heterocycles. The van der Waals surface area contributed by atoms with Crippen LogP contribution in [0.4, 0.5) is 0 Å². The summed E-state index contributed by atoms with van der Waals surface area (Å²) in [5.41, 5.74) is 1.30. The monoisotopic (exact) mass is 342 g/mol. The molecule has 1 aliphatic heterocycles. The van der Waals surface area contributed by atoms with Crippen LogP contribution >= 0.6 is 0 Å². The summed E-state index contributed by atoms with van der Waals surface area (Å²) in [6.07, 6.45) is 7.07. The minimum atomic E-state index is 0.428. The Hall–Kier alpha value is -2.01. The van der Waals surface area contributed by atoms with Crippen LogP contribution in [-0.2, 0) is 11.3 Å². The van der Waals surface area contributed by atoms with E-state index in [1.54, 1.807) is 0 Å². The van der Waals surface area contributed by atoms with Crippen molar-refractivity contribution in [1.29, 1.82) is 0 Å². The van der Waals surface area contributed by atoms with Crippen LogP contribution in [0, 0.1) is 0 Å². The summed E-state index contributed by atoms with van der Waals surface area (Å²) in [5.74, 6) is 0.915. The number of guanidine groups is 1. The van der Waals surface area contributed by atoms with Crippen molar-refractivity contribution in [3.8, 4) is 0 Å². The largest absolute Gasteiger partial charge is 0.378 e. The van der Waals surface area contributed by atoms with E-state index in [4.69, 9.17) is 9.73 Å². The quantitative estimate of drug-likeness (QED) is 0.440. The molecule has 1 unspecified atom stereocenters. The number of aryl methyl sites for hydroxylation is 1. The van der Waals surface area contributed by atoms with E-state index in [1.807, 2.05) is 0 Å². The number of rotatable bonds is 8. The third kappa shape index (κ3) is 5.23. The van der Waals surface area contributed by atoms with Crippen molar-refractivity contribution in [2.24, 2.45) is 4.99 Å². The zero-order chi connectivity index (χ0) is 17.3. The Kier molecular flexibility index (Phi) is 6.74. The van der Waals surface area contributed by atoms with Crippen molar-refractivity contribution in [2.75, 3.05) is 26.2 Å². The Morgan fingerprint density at radius 3 is 3.04 bits per heavy atom. The van der Waals surface area contributed by atoms with Gasteiger partial charge in [0.2, 0.25) is 0 Å². The number of ether oxygens (including phenoxy) is 1. The summed E-state index contributed by atoms with van der Waals surface area (Å²) in [5, 5.41) is 8.05. The first-order valence-corrected chi connectivity index (χ1v) is 9.54. The first kappa shape index (κ1) is 17.8. The third-order valence-corrected chi connectivity index (χ3v) is 4.63. The van der Waals surface area contributed by atoms with E-state index >= 15 is 0 Å². The van der Waals surface area contributed by atoms with Crippen molar-refractivity contribution in [2.45, 2.75) is 45.3 Å². The van der Waals surface area contributed by atoms with Gasteiger partial charge in [0.25, 0.3) is 0 Å². The molecule has 1 aromatic carbocycles. The molecule has 1 fully saturated rings. The number of nitrogens with zero attached hydrogens (tertiary/aromatic N) is 2. The Morgan fingerprint density at radius 1 is 1.28 bits per heavy atom. The van der Waals surface area contributed by atoms with Gasteiger partial charge in [-0.25, -0.2) is 0 Å². The number of nitrogens with one attached hydrogen (secondary N) is 2. The van der Waals surface area contributed by atoms with Crippen molar-refractivity contribution in [1.82, 2.24) is 15.2 Å². The maximum atomic E-state index is 5.67. The molecule has 5 nitrogen and oxygen atoms in total. The summed E-state index contributed by atoms with van der Waals surface area (Å²) < 4.78 is 7.97. The smallest absolute Gasteiger partial charge is 0.191 e. The lowest BCUT2D eigenvalue weighted by atomic mass is 10.2. The molecule has 5 heteroatoms. The molecule has 1 aromatic heterocycles. The van der Waals surface area contributed by atoms with Gasteiger partial charge >= 0.3 is 0 Å². The van der Waals surface area contributed by atoms with E-state index in [0.717, 1.165) is 51.6 Å². The number of fused-ring (bicyclic) bond motifs is 1. The second-order valence-corrected chi connectivity index (χ2v) is 6.53. The van der Waals surface area contributed by atoms with Gasteiger partial charge in [-0.3, -0.25) is 4.99 Å². The minimum Gasteiger partial charge on any atom is -0.378 e. The molecular formula is C20H30N4O. The number of benzene rings is 1. The van der Waals surface area contributed by atoms with Gasteiger partial charge in [0.1, 0.15) is 0 Å². The molecule has 1 atom stereocenters.